The van der Waals surface area contributed by atoms with Gasteiger partial charge < -0.3 is 24.1 Å². The number of hydrogen-bond acceptors (Lipinski definition) is 5. The molecule has 0 fully saturated rings. The minimum atomic E-state index is -1.03. The largest absolute Gasteiger partial charge is 0.496 e. The van der Waals surface area contributed by atoms with Crippen molar-refractivity contribution in [1.29, 1.82) is 0 Å². The third-order valence-corrected chi connectivity index (χ3v) is 4.35. The van der Waals surface area contributed by atoms with Crippen molar-refractivity contribution in [3.05, 3.63) is 35.9 Å². The molecule has 0 aliphatic carbocycles. The van der Waals surface area contributed by atoms with Gasteiger partial charge in [-0.3, -0.25) is 0 Å². The first-order valence-corrected chi connectivity index (χ1v) is 8.70. The van der Waals surface area contributed by atoms with E-state index in [2.05, 4.69) is 0 Å². The molecular formula is C21H22O6. The molecule has 0 heterocycles. The van der Waals surface area contributed by atoms with Gasteiger partial charge in [0, 0.05) is 16.2 Å². The molecule has 0 saturated carbocycles. The van der Waals surface area contributed by atoms with Gasteiger partial charge in [-0.25, -0.2) is 4.79 Å². The van der Waals surface area contributed by atoms with Gasteiger partial charge in [0.25, 0.3) is 0 Å². The predicted octanol–water partition coefficient (Wildman–Crippen LogP) is 4.51. The van der Waals surface area contributed by atoms with Crippen LogP contribution in [-0.2, 0) is 0 Å². The summed E-state index contributed by atoms with van der Waals surface area (Å²) < 4.78 is 22.8. The van der Waals surface area contributed by atoms with Crippen molar-refractivity contribution in [2.24, 2.45) is 0 Å². The lowest BCUT2D eigenvalue weighted by molar-refractivity contribution is 0.0699. The zero-order valence-electron chi connectivity index (χ0n) is 15.8. The molecule has 0 aliphatic heterocycles. The Morgan fingerprint density at radius 1 is 0.926 bits per heavy atom. The van der Waals surface area contributed by atoms with Crippen molar-refractivity contribution in [2.45, 2.75) is 13.8 Å². The van der Waals surface area contributed by atoms with Crippen LogP contribution in [0.2, 0.25) is 0 Å². The lowest BCUT2D eigenvalue weighted by atomic mass is 9.95. The minimum Gasteiger partial charge on any atom is -0.496 e. The van der Waals surface area contributed by atoms with E-state index < -0.39 is 5.97 Å². The summed E-state index contributed by atoms with van der Waals surface area (Å²) in [5, 5.41) is 12.4. The number of carbonyl (C=O) groups is 1. The number of carboxylic acid groups (broad SMARTS) is 1. The highest BCUT2D eigenvalue weighted by Gasteiger charge is 2.24. The van der Waals surface area contributed by atoms with Crippen molar-refractivity contribution < 1.29 is 28.8 Å². The van der Waals surface area contributed by atoms with E-state index in [4.69, 9.17) is 18.9 Å². The van der Waals surface area contributed by atoms with Gasteiger partial charge in [0.05, 0.1) is 33.0 Å². The summed E-state index contributed by atoms with van der Waals surface area (Å²) in [6.45, 7) is 4.53. The number of benzene rings is 3. The van der Waals surface area contributed by atoms with Gasteiger partial charge in [-0.1, -0.05) is 12.1 Å². The predicted molar refractivity (Wildman–Crippen MR) is 104 cm³/mol. The number of aromatic carboxylic acids is 1. The smallest absolute Gasteiger partial charge is 0.336 e. The highest BCUT2D eigenvalue weighted by atomic mass is 16.5. The second-order valence-electron chi connectivity index (χ2n) is 5.81. The van der Waals surface area contributed by atoms with Crippen LogP contribution in [-0.4, -0.2) is 38.5 Å². The molecule has 3 rings (SSSR count). The third-order valence-electron chi connectivity index (χ3n) is 4.35. The molecule has 27 heavy (non-hydrogen) atoms. The Bertz CT molecular complexity index is 1010. The Kier molecular flexibility index (Phi) is 5.26. The van der Waals surface area contributed by atoms with Crippen molar-refractivity contribution >= 4 is 27.5 Å². The number of ether oxygens (including phenoxy) is 4. The zero-order valence-corrected chi connectivity index (χ0v) is 15.8. The van der Waals surface area contributed by atoms with Gasteiger partial charge in [-0.15, -0.1) is 0 Å². The molecule has 142 valence electrons. The molecule has 0 spiro atoms. The summed E-state index contributed by atoms with van der Waals surface area (Å²) in [6.07, 6.45) is 0. The van der Waals surface area contributed by atoms with Crippen LogP contribution in [0.1, 0.15) is 24.2 Å². The molecule has 0 amide bonds. The van der Waals surface area contributed by atoms with E-state index in [9.17, 15) is 9.90 Å². The van der Waals surface area contributed by atoms with E-state index in [1.54, 1.807) is 19.2 Å². The van der Waals surface area contributed by atoms with Crippen molar-refractivity contribution in [3.63, 3.8) is 0 Å². The van der Waals surface area contributed by atoms with Crippen LogP contribution in [0.15, 0.2) is 30.3 Å². The third kappa shape index (κ3) is 3.07. The lowest BCUT2D eigenvalue weighted by Gasteiger charge is -2.20. The Morgan fingerprint density at radius 3 is 2.19 bits per heavy atom. The van der Waals surface area contributed by atoms with E-state index in [-0.39, 0.29) is 5.56 Å². The minimum absolute atomic E-state index is 0.160. The van der Waals surface area contributed by atoms with Crippen LogP contribution in [0.3, 0.4) is 0 Å². The van der Waals surface area contributed by atoms with Crippen LogP contribution in [0.4, 0.5) is 0 Å². The molecule has 6 heteroatoms. The summed E-state index contributed by atoms with van der Waals surface area (Å²) in [6, 6.07) is 8.83. The average molecular weight is 370 g/mol. The topological polar surface area (TPSA) is 74.2 Å². The van der Waals surface area contributed by atoms with Gasteiger partial charge in [-0.05, 0) is 37.4 Å². The van der Waals surface area contributed by atoms with Crippen LogP contribution >= 0.6 is 0 Å². The number of carboxylic acids is 1. The van der Waals surface area contributed by atoms with Gasteiger partial charge in [0.2, 0.25) is 5.75 Å². The number of methoxy groups -OCH3 is 2. The molecular weight excluding hydrogens is 348 g/mol. The summed E-state index contributed by atoms with van der Waals surface area (Å²) in [4.78, 5) is 11.9. The first-order valence-electron chi connectivity index (χ1n) is 8.70. The van der Waals surface area contributed by atoms with Crippen LogP contribution in [0, 0.1) is 0 Å². The molecule has 3 aromatic carbocycles. The van der Waals surface area contributed by atoms with Crippen LogP contribution < -0.4 is 18.9 Å². The number of rotatable bonds is 7. The van der Waals surface area contributed by atoms with E-state index in [1.807, 2.05) is 32.0 Å². The Labute approximate surface area is 157 Å². The fourth-order valence-corrected chi connectivity index (χ4v) is 3.31. The van der Waals surface area contributed by atoms with Crippen molar-refractivity contribution in [3.8, 4) is 23.0 Å². The molecule has 6 nitrogen and oxygen atoms in total. The monoisotopic (exact) mass is 370 g/mol. The Balaban J connectivity index is 2.63. The second-order valence-corrected chi connectivity index (χ2v) is 5.81. The van der Waals surface area contributed by atoms with E-state index >= 15 is 0 Å². The maximum absolute atomic E-state index is 11.9. The first kappa shape index (κ1) is 18.6. The molecule has 0 saturated heterocycles. The molecule has 0 radical (unpaired) electrons. The molecule has 0 unspecified atom stereocenters. The fourth-order valence-electron chi connectivity index (χ4n) is 3.31. The first-order chi connectivity index (χ1) is 13.1. The summed E-state index contributed by atoms with van der Waals surface area (Å²) in [7, 11) is 3.10. The maximum Gasteiger partial charge on any atom is 0.336 e. The normalized spacial score (nSPS) is 10.8. The Morgan fingerprint density at radius 2 is 1.59 bits per heavy atom. The van der Waals surface area contributed by atoms with E-state index in [1.165, 1.54) is 7.11 Å². The second kappa shape index (κ2) is 7.61. The van der Waals surface area contributed by atoms with Crippen molar-refractivity contribution in [2.75, 3.05) is 27.4 Å². The summed E-state index contributed by atoms with van der Waals surface area (Å²) in [5.41, 5.74) is 0.160. The Hall–Kier alpha value is -3.15. The average Bonchev–Trinajstić information content (AvgIpc) is 2.67. The van der Waals surface area contributed by atoms with Gasteiger partial charge in [-0.2, -0.15) is 0 Å². The zero-order chi connectivity index (χ0) is 19.6. The van der Waals surface area contributed by atoms with Crippen LogP contribution in [0.25, 0.3) is 21.5 Å². The summed E-state index contributed by atoms with van der Waals surface area (Å²) in [5.74, 6) is 0.918. The quantitative estimate of drug-likeness (QED) is 0.617. The highest BCUT2D eigenvalue weighted by Crippen LogP contribution is 2.49. The van der Waals surface area contributed by atoms with Gasteiger partial charge >= 0.3 is 5.97 Å². The number of hydrogen-bond donors (Lipinski definition) is 1. The van der Waals surface area contributed by atoms with E-state index in [0.717, 1.165) is 10.8 Å². The summed E-state index contributed by atoms with van der Waals surface area (Å²) >= 11 is 0. The lowest BCUT2D eigenvalue weighted by Crippen LogP contribution is -2.05. The van der Waals surface area contributed by atoms with Gasteiger partial charge in [0.15, 0.2) is 11.5 Å². The maximum atomic E-state index is 11.9. The molecule has 1 N–H and O–H groups in total. The van der Waals surface area contributed by atoms with Gasteiger partial charge in [0.1, 0.15) is 5.75 Å². The number of fused-ring (bicyclic) bond motifs is 3. The molecule has 3 aromatic rings. The van der Waals surface area contributed by atoms with Crippen molar-refractivity contribution in [1.82, 2.24) is 0 Å². The molecule has 0 atom stereocenters. The molecule has 0 bridgehead atoms. The molecule has 0 aliphatic rings. The van der Waals surface area contributed by atoms with Crippen LogP contribution in [0.5, 0.6) is 23.0 Å². The SMILES string of the molecule is CCOc1c(OC)cc2c(C(=O)O)cc3cccc(OC)c3c2c1OCC. The molecule has 0 aromatic heterocycles. The fraction of sp³-hybridized carbons (Fsp3) is 0.286. The van der Waals surface area contributed by atoms with E-state index in [0.29, 0.717) is 47.0 Å². The highest BCUT2D eigenvalue weighted by molar-refractivity contribution is 6.20. The standard InChI is InChI=1S/C21H22O6/c1-5-26-19-16(25-4)11-13-14(21(22)23)10-12-8-7-9-15(24-3)17(12)18(13)20(19)27-6-2/h7-11H,5-6H2,1-4H3,(H,22,23).